The molecule has 1 N–H and O–H groups in total. The standard InChI is InChI=1S/C12H22N2O2/c1-9(2)10-3-5-14(8-10)12(15)11-7-13-4-6-16-11/h9-11,13H,3-8H2,1-2H3. The molecule has 4 heteroatoms. The maximum Gasteiger partial charge on any atom is 0.253 e. The van der Waals surface area contributed by atoms with Gasteiger partial charge in [-0.3, -0.25) is 4.79 Å². The lowest BCUT2D eigenvalue weighted by Gasteiger charge is -2.27. The van der Waals surface area contributed by atoms with E-state index in [1.807, 2.05) is 4.90 Å². The zero-order valence-electron chi connectivity index (χ0n) is 10.2. The topological polar surface area (TPSA) is 41.6 Å². The van der Waals surface area contributed by atoms with Gasteiger partial charge in [-0.2, -0.15) is 0 Å². The van der Waals surface area contributed by atoms with E-state index in [-0.39, 0.29) is 12.0 Å². The lowest BCUT2D eigenvalue weighted by molar-refractivity contribution is -0.144. The molecule has 1 amide bonds. The molecule has 0 aromatic heterocycles. The Kier molecular flexibility index (Phi) is 3.82. The highest BCUT2D eigenvalue weighted by atomic mass is 16.5. The minimum absolute atomic E-state index is 0.176. The molecule has 2 unspecified atom stereocenters. The average molecular weight is 226 g/mol. The number of likely N-dealkylation sites (tertiary alicyclic amines) is 1. The molecule has 2 heterocycles. The minimum Gasteiger partial charge on any atom is -0.366 e. The summed E-state index contributed by atoms with van der Waals surface area (Å²) in [6, 6.07) is 0. The molecule has 2 aliphatic heterocycles. The number of hydrogen-bond acceptors (Lipinski definition) is 3. The highest BCUT2D eigenvalue weighted by molar-refractivity contribution is 5.81. The second-order valence-electron chi connectivity index (χ2n) is 5.14. The first-order chi connectivity index (χ1) is 7.68. The molecule has 0 aliphatic carbocycles. The Morgan fingerprint density at radius 2 is 2.31 bits per heavy atom. The maximum absolute atomic E-state index is 12.1. The van der Waals surface area contributed by atoms with Crippen LogP contribution in [-0.2, 0) is 9.53 Å². The van der Waals surface area contributed by atoms with Crippen LogP contribution in [0.1, 0.15) is 20.3 Å². The first kappa shape index (κ1) is 11.9. The van der Waals surface area contributed by atoms with Crippen LogP contribution in [0.25, 0.3) is 0 Å². The van der Waals surface area contributed by atoms with Crippen molar-refractivity contribution in [3.05, 3.63) is 0 Å². The molecule has 2 fully saturated rings. The van der Waals surface area contributed by atoms with Crippen LogP contribution in [0.15, 0.2) is 0 Å². The number of ether oxygens (including phenoxy) is 1. The Labute approximate surface area is 97.3 Å². The molecule has 0 aromatic rings. The highest BCUT2D eigenvalue weighted by Gasteiger charge is 2.33. The zero-order chi connectivity index (χ0) is 11.5. The molecule has 2 atom stereocenters. The lowest BCUT2D eigenvalue weighted by atomic mass is 9.95. The third-order valence-corrected chi connectivity index (χ3v) is 3.68. The summed E-state index contributed by atoms with van der Waals surface area (Å²) in [5.41, 5.74) is 0. The Morgan fingerprint density at radius 1 is 1.50 bits per heavy atom. The van der Waals surface area contributed by atoms with Crippen LogP contribution < -0.4 is 5.32 Å². The summed E-state index contributed by atoms with van der Waals surface area (Å²) in [5, 5.41) is 3.20. The SMILES string of the molecule is CC(C)C1CCN(C(=O)C2CNCCO2)C1. The summed E-state index contributed by atoms with van der Waals surface area (Å²) >= 11 is 0. The Morgan fingerprint density at radius 3 is 2.88 bits per heavy atom. The van der Waals surface area contributed by atoms with Gasteiger partial charge >= 0.3 is 0 Å². The van der Waals surface area contributed by atoms with Gasteiger partial charge in [0.2, 0.25) is 0 Å². The predicted octanol–water partition coefficient (Wildman–Crippen LogP) is 0.479. The number of carbonyl (C=O) groups excluding carboxylic acids is 1. The number of carbonyl (C=O) groups is 1. The second-order valence-corrected chi connectivity index (χ2v) is 5.14. The second kappa shape index (κ2) is 5.15. The largest absolute Gasteiger partial charge is 0.366 e. The molecule has 0 spiro atoms. The van der Waals surface area contributed by atoms with Crippen LogP contribution in [0.2, 0.25) is 0 Å². The number of rotatable bonds is 2. The fourth-order valence-electron chi connectivity index (χ4n) is 2.46. The van der Waals surface area contributed by atoms with Gasteiger partial charge in [0.1, 0.15) is 6.10 Å². The van der Waals surface area contributed by atoms with Crippen LogP contribution in [0.5, 0.6) is 0 Å². The van der Waals surface area contributed by atoms with E-state index in [4.69, 9.17) is 4.74 Å². The number of hydrogen-bond donors (Lipinski definition) is 1. The molecular weight excluding hydrogens is 204 g/mol. The van der Waals surface area contributed by atoms with Gasteiger partial charge in [0, 0.05) is 26.2 Å². The van der Waals surface area contributed by atoms with E-state index >= 15 is 0 Å². The van der Waals surface area contributed by atoms with Crippen molar-refractivity contribution in [3.8, 4) is 0 Å². The van der Waals surface area contributed by atoms with E-state index in [1.54, 1.807) is 0 Å². The molecule has 2 aliphatic rings. The third kappa shape index (κ3) is 2.55. The fraction of sp³-hybridized carbons (Fsp3) is 0.917. The Hall–Kier alpha value is -0.610. The molecule has 0 aromatic carbocycles. The van der Waals surface area contributed by atoms with Crippen molar-refractivity contribution in [2.24, 2.45) is 11.8 Å². The Balaban J connectivity index is 1.86. The molecule has 16 heavy (non-hydrogen) atoms. The molecule has 2 saturated heterocycles. The fourth-order valence-corrected chi connectivity index (χ4v) is 2.46. The van der Waals surface area contributed by atoms with Gasteiger partial charge in [-0.15, -0.1) is 0 Å². The third-order valence-electron chi connectivity index (χ3n) is 3.68. The van der Waals surface area contributed by atoms with Gasteiger partial charge in [0.15, 0.2) is 0 Å². The molecule has 4 nitrogen and oxygen atoms in total. The van der Waals surface area contributed by atoms with Gasteiger partial charge in [0.05, 0.1) is 6.61 Å². The number of amides is 1. The quantitative estimate of drug-likeness (QED) is 0.744. The van der Waals surface area contributed by atoms with Crippen molar-refractivity contribution in [1.82, 2.24) is 10.2 Å². The summed E-state index contributed by atoms with van der Waals surface area (Å²) in [6.07, 6.45) is 0.892. The van der Waals surface area contributed by atoms with E-state index in [0.717, 1.165) is 26.1 Å². The van der Waals surface area contributed by atoms with Crippen molar-refractivity contribution in [2.45, 2.75) is 26.4 Å². The monoisotopic (exact) mass is 226 g/mol. The summed E-state index contributed by atoms with van der Waals surface area (Å²) in [7, 11) is 0. The van der Waals surface area contributed by atoms with E-state index < -0.39 is 0 Å². The van der Waals surface area contributed by atoms with Crippen molar-refractivity contribution in [2.75, 3.05) is 32.8 Å². The molecular formula is C12H22N2O2. The molecule has 0 saturated carbocycles. The van der Waals surface area contributed by atoms with Gasteiger partial charge in [-0.25, -0.2) is 0 Å². The van der Waals surface area contributed by atoms with Crippen LogP contribution >= 0.6 is 0 Å². The number of nitrogens with zero attached hydrogens (tertiary/aromatic N) is 1. The normalized spacial score (nSPS) is 31.1. The van der Waals surface area contributed by atoms with Crippen LogP contribution in [0, 0.1) is 11.8 Å². The number of morpholine rings is 1. The molecule has 0 bridgehead atoms. The maximum atomic E-state index is 12.1. The van der Waals surface area contributed by atoms with E-state index in [1.165, 1.54) is 0 Å². The number of nitrogens with one attached hydrogen (secondary N) is 1. The van der Waals surface area contributed by atoms with Crippen LogP contribution in [0.4, 0.5) is 0 Å². The van der Waals surface area contributed by atoms with Crippen LogP contribution in [-0.4, -0.2) is 49.7 Å². The molecule has 92 valence electrons. The van der Waals surface area contributed by atoms with Crippen LogP contribution in [0.3, 0.4) is 0 Å². The average Bonchev–Trinajstić information content (AvgIpc) is 2.78. The van der Waals surface area contributed by atoms with E-state index in [9.17, 15) is 4.79 Å². The summed E-state index contributed by atoms with van der Waals surface area (Å²) in [4.78, 5) is 14.1. The summed E-state index contributed by atoms with van der Waals surface area (Å²) < 4.78 is 5.49. The summed E-state index contributed by atoms with van der Waals surface area (Å²) in [6.45, 7) is 8.46. The van der Waals surface area contributed by atoms with Gasteiger partial charge in [0.25, 0.3) is 5.91 Å². The van der Waals surface area contributed by atoms with Gasteiger partial charge in [-0.1, -0.05) is 13.8 Å². The molecule has 2 rings (SSSR count). The highest BCUT2D eigenvalue weighted by Crippen LogP contribution is 2.24. The van der Waals surface area contributed by atoms with E-state index in [0.29, 0.717) is 25.0 Å². The van der Waals surface area contributed by atoms with E-state index in [2.05, 4.69) is 19.2 Å². The van der Waals surface area contributed by atoms with Crippen molar-refractivity contribution in [1.29, 1.82) is 0 Å². The van der Waals surface area contributed by atoms with Crippen molar-refractivity contribution >= 4 is 5.91 Å². The van der Waals surface area contributed by atoms with Gasteiger partial charge < -0.3 is 15.0 Å². The predicted molar refractivity (Wildman–Crippen MR) is 62.1 cm³/mol. The minimum atomic E-state index is -0.250. The lowest BCUT2D eigenvalue weighted by Crippen LogP contribution is -2.48. The van der Waals surface area contributed by atoms with Gasteiger partial charge in [-0.05, 0) is 18.3 Å². The first-order valence-electron chi connectivity index (χ1n) is 6.29. The molecule has 0 radical (unpaired) electrons. The Bertz CT molecular complexity index is 249. The van der Waals surface area contributed by atoms with Crippen molar-refractivity contribution < 1.29 is 9.53 Å². The first-order valence-corrected chi connectivity index (χ1v) is 6.29. The van der Waals surface area contributed by atoms with Crippen molar-refractivity contribution in [3.63, 3.8) is 0 Å². The zero-order valence-corrected chi connectivity index (χ0v) is 10.2. The smallest absolute Gasteiger partial charge is 0.253 e. The summed E-state index contributed by atoms with van der Waals surface area (Å²) in [5.74, 6) is 1.51.